The van der Waals surface area contributed by atoms with Gasteiger partial charge in [0.05, 0.1) is 0 Å². The molecule has 2 saturated heterocycles. The fraction of sp³-hybridized carbons (Fsp3) is 1.00. The minimum Gasteiger partial charge on any atom is -0.384 e. The first-order valence-corrected chi connectivity index (χ1v) is 6.16. The van der Waals surface area contributed by atoms with E-state index in [2.05, 4.69) is 24.1 Å². The third-order valence-corrected chi connectivity index (χ3v) is 4.05. The van der Waals surface area contributed by atoms with Gasteiger partial charge in [-0.1, -0.05) is 6.92 Å². The minimum absolute atomic E-state index is 0.657. The third-order valence-electron chi connectivity index (χ3n) is 4.05. The van der Waals surface area contributed by atoms with Gasteiger partial charge >= 0.3 is 0 Å². The van der Waals surface area contributed by atoms with E-state index in [0.29, 0.717) is 5.92 Å². The molecule has 2 heterocycles. The first-order chi connectivity index (χ1) is 7.22. The lowest BCUT2D eigenvalue weighted by Crippen LogP contribution is -2.37. The van der Waals surface area contributed by atoms with Gasteiger partial charge in [0, 0.05) is 32.8 Å². The number of nitrogens with zero attached hydrogens (tertiary/aromatic N) is 1. The van der Waals surface area contributed by atoms with Crippen LogP contribution in [0.2, 0.25) is 0 Å². The fourth-order valence-electron chi connectivity index (χ4n) is 3.23. The van der Waals surface area contributed by atoms with Crippen molar-refractivity contribution in [2.75, 3.05) is 39.9 Å². The summed E-state index contributed by atoms with van der Waals surface area (Å²) < 4.78 is 5.20. The summed E-state index contributed by atoms with van der Waals surface area (Å²) in [7, 11) is 1.79. The summed E-state index contributed by atoms with van der Waals surface area (Å²) in [5.74, 6) is 2.44. The molecule has 4 unspecified atom stereocenters. The maximum atomic E-state index is 5.20. The van der Waals surface area contributed by atoms with Gasteiger partial charge in [0.1, 0.15) is 0 Å². The number of methoxy groups -OCH3 is 1. The van der Waals surface area contributed by atoms with Crippen LogP contribution >= 0.6 is 0 Å². The van der Waals surface area contributed by atoms with Gasteiger partial charge in [-0.3, -0.25) is 4.90 Å². The van der Waals surface area contributed by atoms with Gasteiger partial charge in [-0.15, -0.1) is 0 Å². The van der Waals surface area contributed by atoms with Crippen molar-refractivity contribution in [2.45, 2.75) is 19.9 Å². The van der Waals surface area contributed by atoms with E-state index >= 15 is 0 Å². The maximum Gasteiger partial charge on any atom is 0.0500 e. The second-order valence-corrected chi connectivity index (χ2v) is 5.34. The van der Waals surface area contributed by atoms with Crippen LogP contribution < -0.4 is 5.32 Å². The Balaban J connectivity index is 1.84. The predicted octanol–water partition coefficient (Wildman–Crippen LogP) is 0.809. The van der Waals surface area contributed by atoms with Crippen LogP contribution in [-0.4, -0.2) is 50.8 Å². The van der Waals surface area contributed by atoms with Crippen molar-refractivity contribution in [3.05, 3.63) is 0 Å². The molecule has 2 aliphatic rings. The largest absolute Gasteiger partial charge is 0.384 e. The van der Waals surface area contributed by atoms with Gasteiger partial charge < -0.3 is 10.1 Å². The molecule has 1 N–H and O–H groups in total. The second kappa shape index (κ2) is 4.81. The number of ether oxygens (including phenoxy) is 1. The van der Waals surface area contributed by atoms with Crippen LogP contribution in [0.3, 0.4) is 0 Å². The lowest BCUT2D eigenvalue weighted by molar-refractivity contribution is 0.122. The molecule has 0 aromatic heterocycles. The molecule has 0 aromatic rings. The molecule has 4 atom stereocenters. The summed E-state index contributed by atoms with van der Waals surface area (Å²) >= 11 is 0. The van der Waals surface area contributed by atoms with Crippen LogP contribution in [0.4, 0.5) is 0 Å². The van der Waals surface area contributed by atoms with E-state index < -0.39 is 0 Å². The van der Waals surface area contributed by atoms with E-state index in [1.54, 1.807) is 7.11 Å². The molecule has 0 aliphatic carbocycles. The molecule has 15 heavy (non-hydrogen) atoms. The smallest absolute Gasteiger partial charge is 0.0500 e. The third kappa shape index (κ3) is 2.35. The summed E-state index contributed by atoms with van der Waals surface area (Å²) in [6.45, 7) is 10.5. The van der Waals surface area contributed by atoms with Crippen LogP contribution in [-0.2, 0) is 4.74 Å². The van der Waals surface area contributed by atoms with Crippen LogP contribution in [0.25, 0.3) is 0 Å². The summed E-state index contributed by atoms with van der Waals surface area (Å²) in [6.07, 6.45) is 0. The molecule has 2 fully saturated rings. The molecule has 0 radical (unpaired) electrons. The Morgan fingerprint density at radius 2 is 2.27 bits per heavy atom. The lowest BCUT2D eigenvalue weighted by Gasteiger charge is -2.26. The molecule has 0 bridgehead atoms. The zero-order valence-corrected chi connectivity index (χ0v) is 10.2. The van der Waals surface area contributed by atoms with Gasteiger partial charge in [-0.2, -0.15) is 0 Å². The predicted molar refractivity (Wildman–Crippen MR) is 61.9 cm³/mol. The molecular weight excluding hydrogens is 188 g/mol. The van der Waals surface area contributed by atoms with Gasteiger partial charge in [-0.25, -0.2) is 0 Å². The SMILES string of the molecule is COCC(C)CN1CC2CNCC2C1C. The molecule has 0 aromatic carbocycles. The van der Waals surface area contributed by atoms with E-state index in [9.17, 15) is 0 Å². The summed E-state index contributed by atoms with van der Waals surface area (Å²) in [6, 6.07) is 0.754. The quantitative estimate of drug-likeness (QED) is 0.746. The number of nitrogens with one attached hydrogen (secondary N) is 1. The van der Waals surface area contributed by atoms with Gasteiger partial charge in [-0.05, 0) is 37.8 Å². The van der Waals surface area contributed by atoms with E-state index in [4.69, 9.17) is 4.74 Å². The highest BCUT2D eigenvalue weighted by Gasteiger charge is 2.41. The highest BCUT2D eigenvalue weighted by Crippen LogP contribution is 2.32. The van der Waals surface area contributed by atoms with Crippen molar-refractivity contribution in [2.24, 2.45) is 17.8 Å². The van der Waals surface area contributed by atoms with Gasteiger partial charge in [0.2, 0.25) is 0 Å². The van der Waals surface area contributed by atoms with Crippen molar-refractivity contribution in [3.63, 3.8) is 0 Å². The first kappa shape index (κ1) is 11.4. The average molecular weight is 212 g/mol. The highest BCUT2D eigenvalue weighted by molar-refractivity contribution is 4.96. The Bertz CT molecular complexity index is 210. The van der Waals surface area contributed by atoms with Crippen LogP contribution in [0.15, 0.2) is 0 Å². The van der Waals surface area contributed by atoms with Crippen molar-refractivity contribution < 1.29 is 4.74 Å². The zero-order valence-electron chi connectivity index (χ0n) is 10.2. The summed E-state index contributed by atoms with van der Waals surface area (Å²) in [5.41, 5.74) is 0. The normalized spacial score (nSPS) is 38.2. The van der Waals surface area contributed by atoms with E-state index in [1.807, 2.05) is 0 Å². The monoisotopic (exact) mass is 212 g/mol. The molecule has 0 amide bonds. The van der Waals surface area contributed by atoms with Crippen LogP contribution in [0.5, 0.6) is 0 Å². The van der Waals surface area contributed by atoms with Crippen LogP contribution in [0.1, 0.15) is 13.8 Å². The van der Waals surface area contributed by atoms with Gasteiger partial charge in [0.15, 0.2) is 0 Å². The average Bonchev–Trinajstić information content (AvgIpc) is 2.72. The number of fused-ring (bicyclic) bond motifs is 1. The molecule has 0 spiro atoms. The fourth-order valence-corrected chi connectivity index (χ4v) is 3.23. The molecule has 88 valence electrons. The second-order valence-electron chi connectivity index (χ2n) is 5.34. The minimum atomic E-state index is 0.657. The van der Waals surface area contributed by atoms with Crippen molar-refractivity contribution >= 4 is 0 Å². The Kier molecular flexibility index (Phi) is 3.65. The molecule has 2 rings (SSSR count). The lowest BCUT2D eigenvalue weighted by atomic mass is 9.95. The molecular formula is C12H24N2O. The Labute approximate surface area is 93.2 Å². The molecule has 2 aliphatic heterocycles. The number of rotatable bonds is 4. The Morgan fingerprint density at radius 1 is 1.47 bits per heavy atom. The van der Waals surface area contributed by atoms with Crippen molar-refractivity contribution in [1.82, 2.24) is 10.2 Å². The maximum absolute atomic E-state index is 5.20. The van der Waals surface area contributed by atoms with Crippen molar-refractivity contribution in [1.29, 1.82) is 0 Å². The van der Waals surface area contributed by atoms with E-state index in [1.165, 1.54) is 26.2 Å². The van der Waals surface area contributed by atoms with E-state index in [-0.39, 0.29) is 0 Å². The number of hydrogen-bond acceptors (Lipinski definition) is 3. The zero-order chi connectivity index (χ0) is 10.8. The highest BCUT2D eigenvalue weighted by atomic mass is 16.5. The number of likely N-dealkylation sites (tertiary alicyclic amines) is 1. The molecule has 3 nitrogen and oxygen atoms in total. The first-order valence-electron chi connectivity index (χ1n) is 6.16. The van der Waals surface area contributed by atoms with Crippen molar-refractivity contribution in [3.8, 4) is 0 Å². The Hall–Kier alpha value is -0.120. The summed E-state index contributed by atoms with van der Waals surface area (Å²) in [4.78, 5) is 2.65. The molecule has 0 saturated carbocycles. The van der Waals surface area contributed by atoms with Crippen LogP contribution in [0, 0.1) is 17.8 Å². The number of hydrogen-bond donors (Lipinski definition) is 1. The summed E-state index contributed by atoms with van der Waals surface area (Å²) in [5, 5.41) is 3.50. The van der Waals surface area contributed by atoms with Gasteiger partial charge in [0.25, 0.3) is 0 Å². The standard InChI is InChI=1S/C12H24N2O/c1-9(8-15-3)6-14-7-11-4-13-5-12(11)10(14)2/h9-13H,4-8H2,1-3H3. The Morgan fingerprint density at radius 3 is 2.93 bits per heavy atom. The topological polar surface area (TPSA) is 24.5 Å². The molecule has 3 heteroatoms. The van der Waals surface area contributed by atoms with E-state index in [0.717, 1.165) is 24.5 Å².